The molecule has 136 valence electrons. The van der Waals surface area contributed by atoms with Gasteiger partial charge in [-0.2, -0.15) is 0 Å². The van der Waals surface area contributed by atoms with Crippen LogP contribution < -0.4 is 10.6 Å². The molecule has 25 heavy (non-hydrogen) atoms. The van der Waals surface area contributed by atoms with E-state index in [0.29, 0.717) is 6.54 Å². The van der Waals surface area contributed by atoms with Crippen LogP contribution in [0.15, 0.2) is 30.3 Å². The molecule has 1 heterocycles. The summed E-state index contributed by atoms with van der Waals surface area (Å²) in [5.74, 6) is 0.0748. The molecule has 0 spiro atoms. The lowest BCUT2D eigenvalue weighted by Crippen LogP contribution is -2.50. The van der Waals surface area contributed by atoms with Gasteiger partial charge >= 0.3 is 6.03 Å². The Labute approximate surface area is 150 Å². The van der Waals surface area contributed by atoms with Crippen molar-refractivity contribution in [3.63, 3.8) is 0 Å². The first-order chi connectivity index (χ1) is 12.3. The zero-order chi connectivity index (χ0) is 17.5. The lowest BCUT2D eigenvalue weighted by atomic mass is 10.0. The van der Waals surface area contributed by atoms with Crippen LogP contribution in [0.25, 0.3) is 0 Å². The maximum absolute atomic E-state index is 12.9. The molecule has 0 aromatic heterocycles. The first-order valence-corrected chi connectivity index (χ1v) is 9.62. The van der Waals surface area contributed by atoms with E-state index in [0.717, 1.165) is 63.6 Å². The molecule has 0 unspecified atom stereocenters. The SMILES string of the molecule is O=C1NCCCCCCN(C(=O)NCc2ccccc2)[C@H]2CCC[C@@H]12. The molecule has 1 aromatic rings. The summed E-state index contributed by atoms with van der Waals surface area (Å²) in [7, 11) is 0. The number of benzene rings is 1. The Morgan fingerprint density at radius 2 is 1.88 bits per heavy atom. The van der Waals surface area contributed by atoms with Crippen molar-refractivity contribution in [1.29, 1.82) is 0 Å². The van der Waals surface area contributed by atoms with E-state index >= 15 is 0 Å². The van der Waals surface area contributed by atoms with E-state index in [1.165, 1.54) is 0 Å². The number of amides is 3. The van der Waals surface area contributed by atoms with Crippen molar-refractivity contribution < 1.29 is 9.59 Å². The minimum absolute atomic E-state index is 0.0344. The van der Waals surface area contributed by atoms with Crippen molar-refractivity contribution >= 4 is 11.9 Å². The number of nitrogens with zero attached hydrogens (tertiary/aromatic N) is 1. The fourth-order valence-electron chi connectivity index (χ4n) is 4.02. The summed E-state index contributed by atoms with van der Waals surface area (Å²) in [6, 6.07) is 9.96. The van der Waals surface area contributed by atoms with Crippen molar-refractivity contribution in [3.8, 4) is 0 Å². The second-order valence-corrected chi connectivity index (χ2v) is 7.15. The summed E-state index contributed by atoms with van der Waals surface area (Å²) >= 11 is 0. The van der Waals surface area contributed by atoms with Gasteiger partial charge in [-0.1, -0.05) is 49.6 Å². The first-order valence-electron chi connectivity index (χ1n) is 9.62. The molecule has 1 aromatic carbocycles. The lowest BCUT2D eigenvalue weighted by Gasteiger charge is -2.32. The van der Waals surface area contributed by atoms with Crippen LogP contribution in [0.5, 0.6) is 0 Å². The van der Waals surface area contributed by atoms with E-state index in [-0.39, 0.29) is 23.9 Å². The van der Waals surface area contributed by atoms with E-state index in [9.17, 15) is 9.59 Å². The maximum Gasteiger partial charge on any atom is 0.317 e. The van der Waals surface area contributed by atoms with Gasteiger partial charge in [-0.05, 0) is 31.2 Å². The van der Waals surface area contributed by atoms with Crippen LogP contribution in [0.1, 0.15) is 50.5 Å². The highest BCUT2D eigenvalue weighted by molar-refractivity contribution is 5.81. The van der Waals surface area contributed by atoms with E-state index in [1.807, 2.05) is 35.2 Å². The second-order valence-electron chi connectivity index (χ2n) is 7.15. The molecule has 2 aliphatic rings. The Balaban J connectivity index is 1.68. The Morgan fingerprint density at radius 1 is 1.08 bits per heavy atom. The van der Waals surface area contributed by atoms with Gasteiger partial charge in [-0.3, -0.25) is 4.79 Å². The number of nitrogens with one attached hydrogen (secondary N) is 2. The maximum atomic E-state index is 12.9. The van der Waals surface area contributed by atoms with E-state index in [4.69, 9.17) is 0 Å². The molecule has 1 saturated heterocycles. The normalized spacial score (nSPS) is 24.8. The molecule has 3 amide bonds. The largest absolute Gasteiger partial charge is 0.356 e. The van der Waals surface area contributed by atoms with Crippen LogP contribution in [0.2, 0.25) is 0 Å². The minimum Gasteiger partial charge on any atom is -0.356 e. The lowest BCUT2D eigenvalue weighted by molar-refractivity contribution is -0.126. The molecule has 1 aliphatic heterocycles. The molecule has 1 aliphatic carbocycles. The molecule has 0 radical (unpaired) electrons. The molecule has 0 bridgehead atoms. The molecule has 5 nitrogen and oxygen atoms in total. The molecule has 1 saturated carbocycles. The first kappa shape index (κ1) is 17.8. The molecule has 3 rings (SSSR count). The fraction of sp³-hybridized carbons (Fsp3) is 0.600. The quantitative estimate of drug-likeness (QED) is 0.867. The summed E-state index contributed by atoms with van der Waals surface area (Å²) in [6.07, 6.45) is 7.09. The van der Waals surface area contributed by atoms with E-state index < -0.39 is 0 Å². The van der Waals surface area contributed by atoms with Crippen LogP contribution in [-0.2, 0) is 11.3 Å². The zero-order valence-electron chi connectivity index (χ0n) is 14.9. The number of hydrogen-bond donors (Lipinski definition) is 2. The highest BCUT2D eigenvalue weighted by atomic mass is 16.2. The van der Waals surface area contributed by atoms with E-state index in [2.05, 4.69) is 10.6 Å². The summed E-state index contributed by atoms with van der Waals surface area (Å²) in [6.45, 7) is 2.04. The van der Waals surface area contributed by atoms with Gasteiger partial charge < -0.3 is 15.5 Å². The van der Waals surface area contributed by atoms with Crippen molar-refractivity contribution in [2.45, 2.75) is 57.5 Å². The Kier molecular flexibility index (Phi) is 6.31. The summed E-state index contributed by atoms with van der Waals surface area (Å²) in [5, 5.41) is 6.12. The monoisotopic (exact) mass is 343 g/mol. The van der Waals surface area contributed by atoms with Gasteiger partial charge in [0.1, 0.15) is 0 Å². The van der Waals surface area contributed by atoms with Gasteiger partial charge in [0.05, 0.1) is 5.92 Å². The molecular formula is C20H29N3O2. The standard InChI is InChI=1S/C20H29N3O2/c24-19-17-11-8-12-18(17)23(14-7-2-1-6-13-21-19)20(25)22-15-16-9-4-3-5-10-16/h3-5,9-10,17-18H,1-2,6-8,11-15H2,(H,21,24)(H,22,25)/t17-,18+/m1/s1. The number of carbonyl (C=O) groups excluding carboxylic acids is 2. The number of urea groups is 1. The predicted octanol–water partition coefficient (Wildman–Crippen LogP) is 3.06. The van der Waals surface area contributed by atoms with Crippen molar-refractivity contribution in [2.24, 2.45) is 5.92 Å². The minimum atomic E-state index is -0.0550. The second kappa shape index (κ2) is 8.88. The van der Waals surface area contributed by atoms with Gasteiger partial charge in [0.25, 0.3) is 0 Å². The fourth-order valence-corrected chi connectivity index (χ4v) is 4.02. The Morgan fingerprint density at radius 3 is 2.72 bits per heavy atom. The van der Waals surface area contributed by atoms with Crippen LogP contribution in [0.4, 0.5) is 4.79 Å². The third-order valence-electron chi connectivity index (χ3n) is 5.39. The van der Waals surface area contributed by atoms with Gasteiger partial charge in [0.2, 0.25) is 5.91 Å². The van der Waals surface area contributed by atoms with Gasteiger partial charge in [-0.15, -0.1) is 0 Å². The topological polar surface area (TPSA) is 61.4 Å². The van der Waals surface area contributed by atoms with E-state index in [1.54, 1.807) is 0 Å². The van der Waals surface area contributed by atoms with Crippen molar-refractivity contribution in [1.82, 2.24) is 15.5 Å². The Hall–Kier alpha value is -2.04. The summed E-state index contributed by atoms with van der Waals surface area (Å²) < 4.78 is 0. The molecule has 5 heteroatoms. The number of fused-ring (bicyclic) bond motifs is 1. The van der Waals surface area contributed by atoms with Crippen LogP contribution in [-0.4, -0.2) is 36.0 Å². The zero-order valence-corrected chi connectivity index (χ0v) is 14.9. The van der Waals surface area contributed by atoms with Crippen LogP contribution >= 0.6 is 0 Å². The molecule has 2 fully saturated rings. The highest BCUT2D eigenvalue weighted by Crippen LogP contribution is 2.31. The van der Waals surface area contributed by atoms with Gasteiger partial charge in [0.15, 0.2) is 0 Å². The highest BCUT2D eigenvalue weighted by Gasteiger charge is 2.38. The third-order valence-corrected chi connectivity index (χ3v) is 5.39. The molecule has 2 N–H and O–H groups in total. The Bertz CT molecular complexity index is 576. The van der Waals surface area contributed by atoms with Crippen LogP contribution in [0, 0.1) is 5.92 Å². The third kappa shape index (κ3) is 4.74. The summed E-state index contributed by atoms with van der Waals surface area (Å²) in [5.41, 5.74) is 1.09. The van der Waals surface area contributed by atoms with Crippen molar-refractivity contribution in [2.75, 3.05) is 13.1 Å². The van der Waals surface area contributed by atoms with Gasteiger partial charge in [-0.25, -0.2) is 4.79 Å². The number of rotatable bonds is 2. The summed E-state index contributed by atoms with van der Waals surface area (Å²) in [4.78, 5) is 27.3. The number of carbonyl (C=O) groups is 2. The predicted molar refractivity (Wildman–Crippen MR) is 98.0 cm³/mol. The number of hydrogen-bond acceptors (Lipinski definition) is 2. The smallest absolute Gasteiger partial charge is 0.317 e. The molecule has 2 atom stereocenters. The van der Waals surface area contributed by atoms with Crippen LogP contribution in [0.3, 0.4) is 0 Å². The van der Waals surface area contributed by atoms with Crippen molar-refractivity contribution in [3.05, 3.63) is 35.9 Å². The average molecular weight is 343 g/mol. The van der Waals surface area contributed by atoms with Gasteiger partial charge in [0, 0.05) is 25.7 Å². The average Bonchev–Trinajstić information content (AvgIpc) is 3.11. The molecular weight excluding hydrogens is 314 g/mol.